The first-order valence-corrected chi connectivity index (χ1v) is 7.97. The third-order valence-electron chi connectivity index (χ3n) is 3.66. The van der Waals surface area contributed by atoms with Crippen molar-refractivity contribution in [3.8, 4) is 11.5 Å². The number of carboxylic acids is 1. The number of hydrogen-bond acceptors (Lipinski definition) is 5. The second-order valence-corrected chi connectivity index (χ2v) is 6.24. The number of nitrogens with one attached hydrogen (secondary N) is 1. The summed E-state index contributed by atoms with van der Waals surface area (Å²) in [5.74, 6) is -0.328. The predicted molar refractivity (Wildman–Crippen MR) is 92.3 cm³/mol. The van der Waals surface area contributed by atoms with Gasteiger partial charge in [-0.15, -0.1) is 0 Å². The number of amides is 2. The number of carboxylic acid groups (broad SMARTS) is 1. The molecule has 2 aromatic rings. The number of carbonyl (C=O) groups excluding carboxylic acids is 1. The van der Waals surface area contributed by atoms with E-state index in [1.165, 1.54) is 4.90 Å². The van der Waals surface area contributed by atoms with Crippen LogP contribution in [0.1, 0.15) is 32.5 Å². The molecule has 0 radical (unpaired) electrons. The Morgan fingerprint density at radius 2 is 1.88 bits per heavy atom. The summed E-state index contributed by atoms with van der Waals surface area (Å²) in [7, 11) is 1.55. The van der Waals surface area contributed by atoms with Gasteiger partial charge < -0.3 is 19.8 Å². The summed E-state index contributed by atoms with van der Waals surface area (Å²) in [5.41, 5.74) is 1.34. The highest BCUT2D eigenvalue weighted by atomic mass is 16.5. The third-order valence-corrected chi connectivity index (χ3v) is 3.66. The first-order chi connectivity index (χ1) is 11.8. The fraction of sp³-hybridized carbons (Fsp3) is 0.412. The number of hydrogen-bond donors (Lipinski definition) is 2. The van der Waals surface area contributed by atoms with E-state index in [2.05, 4.69) is 15.5 Å². The van der Waals surface area contributed by atoms with E-state index >= 15 is 0 Å². The Kier molecular flexibility index (Phi) is 5.74. The van der Waals surface area contributed by atoms with E-state index in [1.54, 1.807) is 38.2 Å². The lowest BCUT2D eigenvalue weighted by Gasteiger charge is -2.20. The lowest BCUT2D eigenvalue weighted by Crippen LogP contribution is -2.36. The molecule has 1 aromatic heterocycles. The maximum absolute atomic E-state index is 12.1. The maximum atomic E-state index is 12.1. The molecule has 2 amide bonds. The molecule has 0 fully saturated rings. The van der Waals surface area contributed by atoms with E-state index in [1.807, 2.05) is 13.8 Å². The topological polar surface area (TPSA) is 109 Å². The smallest absolute Gasteiger partial charge is 0.321 e. The zero-order chi connectivity index (χ0) is 18.6. The van der Waals surface area contributed by atoms with E-state index in [0.29, 0.717) is 17.4 Å². The van der Waals surface area contributed by atoms with Crippen molar-refractivity contribution >= 4 is 17.7 Å². The minimum atomic E-state index is -0.940. The number of carbonyl (C=O) groups is 2. The van der Waals surface area contributed by atoms with Gasteiger partial charge in [0.15, 0.2) is 5.82 Å². The number of nitrogens with zero attached hydrogens (tertiary/aromatic N) is 3. The van der Waals surface area contributed by atoms with Gasteiger partial charge in [-0.25, -0.2) is 4.79 Å². The highest BCUT2D eigenvalue weighted by Gasteiger charge is 2.17. The van der Waals surface area contributed by atoms with Gasteiger partial charge in [-0.2, -0.15) is 4.98 Å². The SMILES string of the molecule is CC(CN(C)C(=O)Nc1ccc(-c2nc(C(C)C)no2)cc1)C(=O)O. The molecule has 0 aliphatic rings. The molecule has 1 unspecified atom stereocenters. The van der Waals surface area contributed by atoms with Crippen molar-refractivity contribution in [1.29, 1.82) is 0 Å². The van der Waals surface area contributed by atoms with E-state index < -0.39 is 11.9 Å². The molecule has 8 heteroatoms. The third kappa shape index (κ3) is 4.79. The Labute approximate surface area is 145 Å². The molecule has 0 aliphatic carbocycles. The summed E-state index contributed by atoms with van der Waals surface area (Å²) in [6, 6.07) is 6.61. The highest BCUT2D eigenvalue weighted by Crippen LogP contribution is 2.22. The summed E-state index contributed by atoms with van der Waals surface area (Å²) < 4.78 is 5.23. The van der Waals surface area contributed by atoms with Gasteiger partial charge in [0.1, 0.15) is 0 Å². The van der Waals surface area contributed by atoms with E-state index in [-0.39, 0.29) is 18.5 Å². The van der Waals surface area contributed by atoms with Gasteiger partial charge >= 0.3 is 12.0 Å². The number of aromatic nitrogens is 2. The minimum Gasteiger partial charge on any atom is -0.481 e. The molecule has 0 saturated carbocycles. The molecule has 0 spiro atoms. The zero-order valence-corrected chi connectivity index (χ0v) is 14.7. The number of rotatable bonds is 6. The van der Waals surface area contributed by atoms with Gasteiger partial charge in [-0.3, -0.25) is 4.79 Å². The van der Waals surface area contributed by atoms with Gasteiger partial charge in [-0.1, -0.05) is 25.9 Å². The van der Waals surface area contributed by atoms with Crippen LogP contribution in [0.15, 0.2) is 28.8 Å². The first-order valence-electron chi connectivity index (χ1n) is 7.97. The van der Waals surface area contributed by atoms with Crippen LogP contribution in [-0.2, 0) is 4.79 Å². The second-order valence-electron chi connectivity index (χ2n) is 6.24. The van der Waals surface area contributed by atoms with E-state index in [4.69, 9.17) is 9.63 Å². The van der Waals surface area contributed by atoms with Crippen LogP contribution in [0.4, 0.5) is 10.5 Å². The van der Waals surface area contributed by atoms with Crippen LogP contribution in [0.5, 0.6) is 0 Å². The molecular weight excluding hydrogens is 324 g/mol. The molecule has 0 aliphatic heterocycles. The standard InChI is InChI=1S/C17H22N4O4/c1-10(2)14-19-15(25-20-14)12-5-7-13(8-6-12)18-17(24)21(4)9-11(3)16(22)23/h5-8,10-11H,9H2,1-4H3,(H,18,24)(H,22,23). The van der Waals surface area contributed by atoms with Crippen LogP contribution >= 0.6 is 0 Å². The predicted octanol–water partition coefficient (Wildman–Crippen LogP) is 3.04. The van der Waals surface area contributed by atoms with Crippen molar-refractivity contribution in [3.63, 3.8) is 0 Å². The van der Waals surface area contributed by atoms with Gasteiger partial charge in [0.25, 0.3) is 5.89 Å². The van der Waals surface area contributed by atoms with Crippen LogP contribution in [0.2, 0.25) is 0 Å². The quantitative estimate of drug-likeness (QED) is 0.832. The highest BCUT2D eigenvalue weighted by molar-refractivity contribution is 5.89. The van der Waals surface area contributed by atoms with Gasteiger partial charge in [0.2, 0.25) is 0 Å². The van der Waals surface area contributed by atoms with Crippen LogP contribution in [0.3, 0.4) is 0 Å². The molecular formula is C17H22N4O4. The Morgan fingerprint density at radius 1 is 1.24 bits per heavy atom. The first kappa shape index (κ1) is 18.4. The fourth-order valence-corrected chi connectivity index (χ4v) is 2.07. The zero-order valence-electron chi connectivity index (χ0n) is 14.7. The molecule has 8 nitrogen and oxygen atoms in total. The van der Waals surface area contributed by atoms with Gasteiger partial charge in [0.05, 0.1) is 5.92 Å². The van der Waals surface area contributed by atoms with Crippen LogP contribution in [0, 0.1) is 5.92 Å². The van der Waals surface area contributed by atoms with Gasteiger partial charge in [-0.05, 0) is 24.3 Å². The van der Waals surface area contributed by atoms with E-state index in [0.717, 1.165) is 5.56 Å². The number of benzene rings is 1. The Bertz CT molecular complexity index is 739. The summed E-state index contributed by atoms with van der Waals surface area (Å²) in [6.07, 6.45) is 0. The van der Waals surface area contributed by atoms with Crippen molar-refractivity contribution in [2.24, 2.45) is 5.92 Å². The molecule has 2 rings (SSSR count). The molecule has 1 heterocycles. The average molecular weight is 346 g/mol. The number of aliphatic carboxylic acids is 1. The molecule has 25 heavy (non-hydrogen) atoms. The Balaban J connectivity index is 1.99. The molecule has 134 valence electrons. The normalized spacial score (nSPS) is 12.0. The molecule has 1 aromatic carbocycles. The summed E-state index contributed by atoms with van der Waals surface area (Å²) >= 11 is 0. The van der Waals surface area contributed by atoms with Crippen LogP contribution in [-0.4, -0.2) is 45.7 Å². The van der Waals surface area contributed by atoms with Crippen LogP contribution in [0.25, 0.3) is 11.5 Å². The lowest BCUT2D eigenvalue weighted by molar-refractivity contribution is -0.141. The molecule has 2 N–H and O–H groups in total. The second kappa shape index (κ2) is 7.78. The number of anilines is 1. The molecule has 1 atom stereocenters. The van der Waals surface area contributed by atoms with E-state index in [9.17, 15) is 9.59 Å². The molecule has 0 saturated heterocycles. The molecule has 0 bridgehead atoms. The van der Waals surface area contributed by atoms with Crippen molar-refractivity contribution < 1.29 is 19.2 Å². The summed E-state index contributed by atoms with van der Waals surface area (Å²) in [5, 5.41) is 15.5. The number of urea groups is 1. The van der Waals surface area contributed by atoms with Crippen molar-refractivity contribution in [3.05, 3.63) is 30.1 Å². The summed E-state index contributed by atoms with van der Waals surface area (Å²) in [6.45, 7) is 5.64. The van der Waals surface area contributed by atoms with Crippen molar-refractivity contribution in [2.75, 3.05) is 18.9 Å². The summed E-state index contributed by atoms with van der Waals surface area (Å²) in [4.78, 5) is 28.6. The fourth-order valence-electron chi connectivity index (χ4n) is 2.07. The van der Waals surface area contributed by atoms with Crippen molar-refractivity contribution in [1.82, 2.24) is 15.0 Å². The largest absolute Gasteiger partial charge is 0.481 e. The van der Waals surface area contributed by atoms with Gasteiger partial charge in [0, 0.05) is 30.8 Å². The average Bonchev–Trinajstić information content (AvgIpc) is 3.05. The van der Waals surface area contributed by atoms with Crippen LogP contribution < -0.4 is 5.32 Å². The monoisotopic (exact) mass is 346 g/mol. The Morgan fingerprint density at radius 3 is 2.40 bits per heavy atom. The van der Waals surface area contributed by atoms with Crippen molar-refractivity contribution in [2.45, 2.75) is 26.7 Å². The maximum Gasteiger partial charge on any atom is 0.321 e. The Hall–Kier alpha value is -2.90. The minimum absolute atomic E-state index is 0.124. The lowest BCUT2D eigenvalue weighted by atomic mass is 10.2.